The summed E-state index contributed by atoms with van der Waals surface area (Å²) in [5.41, 5.74) is 6.32. The summed E-state index contributed by atoms with van der Waals surface area (Å²) in [4.78, 5) is 0. The average molecular weight is 232 g/mol. The smallest absolute Gasteiger partial charge is 0.0353 e. The number of benzene rings is 1. The lowest BCUT2D eigenvalue weighted by Gasteiger charge is -2.27. The van der Waals surface area contributed by atoms with Crippen LogP contribution < -0.4 is 5.43 Å². The molecule has 1 saturated heterocycles. The third-order valence-electron chi connectivity index (χ3n) is 3.51. The molecule has 0 unspecified atom stereocenters. The maximum Gasteiger partial charge on any atom is 0.0353 e. The van der Waals surface area contributed by atoms with Gasteiger partial charge in [-0.25, -0.2) is 5.01 Å². The molecule has 2 nitrogen and oxygen atoms in total. The molecule has 0 bridgehead atoms. The van der Waals surface area contributed by atoms with Crippen molar-refractivity contribution in [2.75, 3.05) is 13.1 Å². The Labute approximate surface area is 105 Å². The SMILES string of the molecule is CC(C)c1ccc(CNN2CCCCC2)cc1. The van der Waals surface area contributed by atoms with Crippen molar-refractivity contribution >= 4 is 0 Å². The number of nitrogens with zero attached hydrogens (tertiary/aromatic N) is 1. The van der Waals surface area contributed by atoms with Crippen molar-refractivity contribution in [1.82, 2.24) is 10.4 Å². The molecule has 0 spiro atoms. The monoisotopic (exact) mass is 232 g/mol. The standard InChI is InChI=1S/C15H24N2/c1-13(2)15-8-6-14(7-9-15)12-16-17-10-4-3-5-11-17/h6-9,13,16H,3-5,10-12H2,1-2H3. The van der Waals surface area contributed by atoms with Gasteiger partial charge in [-0.3, -0.25) is 5.43 Å². The lowest BCUT2D eigenvalue weighted by atomic mass is 10.0. The van der Waals surface area contributed by atoms with Crippen LogP contribution in [0.15, 0.2) is 24.3 Å². The zero-order valence-corrected chi connectivity index (χ0v) is 11.1. The van der Waals surface area contributed by atoms with E-state index in [1.165, 1.54) is 43.5 Å². The minimum Gasteiger partial charge on any atom is -0.251 e. The summed E-state index contributed by atoms with van der Waals surface area (Å²) < 4.78 is 0. The fourth-order valence-electron chi connectivity index (χ4n) is 2.28. The minimum atomic E-state index is 0.624. The quantitative estimate of drug-likeness (QED) is 0.857. The lowest BCUT2D eigenvalue weighted by Crippen LogP contribution is -2.41. The van der Waals surface area contributed by atoms with Gasteiger partial charge in [0.15, 0.2) is 0 Å². The second-order valence-electron chi connectivity index (χ2n) is 5.28. The van der Waals surface area contributed by atoms with Gasteiger partial charge < -0.3 is 0 Å². The fourth-order valence-corrected chi connectivity index (χ4v) is 2.28. The molecule has 2 rings (SSSR count). The summed E-state index contributed by atoms with van der Waals surface area (Å²) in [5.74, 6) is 0.624. The van der Waals surface area contributed by atoms with E-state index in [2.05, 4.69) is 48.5 Å². The van der Waals surface area contributed by atoms with Crippen LogP contribution in [0.25, 0.3) is 0 Å². The summed E-state index contributed by atoms with van der Waals surface area (Å²) in [6.45, 7) is 7.83. The zero-order valence-electron chi connectivity index (χ0n) is 11.1. The van der Waals surface area contributed by atoms with Crippen LogP contribution in [-0.4, -0.2) is 18.1 Å². The second kappa shape index (κ2) is 6.18. The van der Waals surface area contributed by atoms with E-state index in [-0.39, 0.29) is 0 Å². The van der Waals surface area contributed by atoms with E-state index in [0.717, 1.165) is 6.54 Å². The molecule has 94 valence electrons. The van der Waals surface area contributed by atoms with Gasteiger partial charge in [0.25, 0.3) is 0 Å². The summed E-state index contributed by atoms with van der Waals surface area (Å²) in [6.07, 6.45) is 4.06. The van der Waals surface area contributed by atoms with Gasteiger partial charge in [-0.05, 0) is 29.9 Å². The Morgan fingerprint density at radius 2 is 1.71 bits per heavy atom. The van der Waals surface area contributed by atoms with E-state index in [1.807, 2.05) is 0 Å². The number of rotatable bonds is 4. The highest BCUT2D eigenvalue weighted by Crippen LogP contribution is 2.14. The van der Waals surface area contributed by atoms with Crippen LogP contribution in [0.5, 0.6) is 0 Å². The fraction of sp³-hybridized carbons (Fsp3) is 0.600. The van der Waals surface area contributed by atoms with Gasteiger partial charge in [-0.15, -0.1) is 0 Å². The largest absolute Gasteiger partial charge is 0.251 e. The summed E-state index contributed by atoms with van der Waals surface area (Å²) >= 11 is 0. The molecule has 0 saturated carbocycles. The Bertz CT molecular complexity index is 323. The summed E-state index contributed by atoms with van der Waals surface area (Å²) in [5, 5.41) is 2.36. The van der Waals surface area contributed by atoms with Crippen LogP contribution in [0.3, 0.4) is 0 Å². The molecular weight excluding hydrogens is 208 g/mol. The number of nitrogens with one attached hydrogen (secondary N) is 1. The predicted molar refractivity (Wildman–Crippen MR) is 72.8 cm³/mol. The normalized spacial score (nSPS) is 17.6. The van der Waals surface area contributed by atoms with E-state index >= 15 is 0 Å². The van der Waals surface area contributed by atoms with E-state index < -0.39 is 0 Å². The zero-order chi connectivity index (χ0) is 12.1. The molecule has 1 heterocycles. The number of piperidine rings is 1. The number of hydrogen-bond donors (Lipinski definition) is 1. The molecular formula is C15H24N2. The third kappa shape index (κ3) is 3.83. The highest BCUT2D eigenvalue weighted by molar-refractivity contribution is 5.24. The number of hydrazine groups is 1. The minimum absolute atomic E-state index is 0.624. The first-order chi connectivity index (χ1) is 8.25. The Morgan fingerprint density at radius 3 is 2.29 bits per heavy atom. The molecule has 1 aliphatic rings. The number of hydrogen-bond acceptors (Lipinski definition) is 2. The first-order valence-corrected chi connectivity index (χ1v) is 6.83. The Hall–Kier alpha value is -0.860. The molecule has 0 aliphatic carbocycles. The van der Waals surface area contributed by atoms with Crippen LogP contribution in [0.4, 0.5) is 0 Å². The Kier molecular flexibility index (Phi) is 4.57. The van der Waals surface area contributed by atoms with Gasteiger partial charge >= 0.3 is 0 Å². The van der Waals surface area contributed by atoms with Gasteiger partial charge in [0.1, 0.15) is 0 Å². The molecule has 17 heavy (non-hydrogen) atoms. The molecule has 1 aliphatic heterocycles. The van der Waals surface area contributed by atoms with Crippen LogP contribution in [0, 0.1) is 0 Å². The van der Waals surface area contributed by atoms with Crippen LogP contribution >= 0.6 is 0 Å². The van der Waals surface area contributed by atoms with Gasteiger partial charge in [0, 0.05) is 19.6 Å². The van der Waals surface area contributed by atoms with E-state index in [9.17, 15) is 0 Å². The molecule has 1 aromatic carbocycles. The lowest BCUT2D eigenvalue weighted by molar-refractivity contribution is 0.151. The van der Waals surface area contributed by atoms with Crippen LogP contribution in [0.1, 0.15) is 50.2 Å². The van der Waals surface area contributed by atoms with Crippen molar-refractivity contribution in [2.24, 2.45) is 0 Å². The van der Waals surface area contributed by atoms with E-state index in [1.54, 1.807) is 0 Å². The molecule has 2 heteroatoms. The van der Waals surface area contributed by atoms with Gasteiger partial charge in [-0.1, -0.05) is 44.5 Å². The van der Waals surface area contributed by atoms with E-state index in [4.69, 9.17) is 0 Å². The van der Waals surface area contributed by atoms with Gasteiger partial charge in [0.2, 0.25) is 0 Å². The maximum atomic E-state index is 3.52. The molecule has 0 amide bonds. The molecule has 0 aromatic heterocycles. The topological polar surface area (TPSA) is 15.3 Å². The van der Waals surface area contributed by atoms with Crippen molar-refractivity contribution < 1.29 is 0 Å². The molecule has 0 radical (unpaired) electrons. The van der Waals surface area contributed by atoms with Crippen molar-refractivity contribution in [3.05, 3.63) is 35.4 Å². The Morgan fingerprint density at radius 1 is 1.06 bits per heavy atom. The highest BCUT2D eigenvalue weighted by atomic mass is 15.5. The van der Waals surface area contributed by atoms with Crippen molar-refractivity contribution in [2.45, 2.75) is 45.6 Å². The van der Waals surface area contributed by atoms with Gasteiger partial charge in [0.05, 0.1) is 0 Å². The van der Waals surface area contributed by atoms with E-state index in [0.29, 0.717) is 5.92 Å². The predicted octanol–water partition coefficient (Wildman–Crippen LogP) is 3.30. The summed E-state index contributed by atoms with van der Waals surface area (Å²) in [7, 11) is 0. The van der Waals surface area contributed by atoms with Crippen LogP contribution in [-0.2, 0) is 6.54 Å². The Balaban J connectivity index is 1.82. The summed E-state index contributed by atoms with van der Waals surface area (Å²) in [6, 6.07) is 8.98. The molecule has 1 N–H and O–H groups in total. The van der Waals surface area contributed by atoms with Crippen molar-refractivity contribution in [3.8, 4) is 0 Å². The molecule has 1 fully saturated rings. The van der Waals surface area contributed by atoms with Crippen molar-refractivity contribution in [3.63, 3.8) is 0 Å². The third-order valence-corrected chi connectivity index (χ3v) is 3.51. The van der Waals surface area contributed by atoms with Crippen molar-refractivity contribution in [1.29, 1.82) is 0 Å². The average Bonchev–Trinajstić information content (AvgIpc) is 2.38. The van der Waals surface area contributed by atoms with Crippen LogP contribution in [0.2, 0.25) is 0 Å². The van der Waals surface area contributed by atoms with Gasteiger partial charge in [-0.2, -0.15) is 0 Å². The molecule has 0 atom stereocenters. The maximum absolute atomic E-state index is 3.52. The molecule has 1 aromatic rings. The second-order valence-corrected chi connectivity index (χ2v) is 5.28. The first-order valence-electron chi connectivity index (χ1n) is 6.83. The highest BCUT2D eigenvalue weighted by Gasteiger charge is 2.08. The first kappa shape index (κ1) is 12.6.